The summed E-state index contributed by atoms with van der Waals surface area (Å²) in [5, 5.41) is 9.25. The van der Waals surface area contributed by atoms with Crippen LogP contribution in [0.15, 0.2) is 35.3 Å². The van der Waals surface area contributed by atoms with E-state index >= 15 is 0 Å². The summed E-state index contributed by atoms with van der Waals surface area (Å²) >= 11 is 0. The van der Waals surface area contributed by atoms with Crippen molar-refractivity contribution in [2.24, 2.45) is 4.99 Å². The molecule has 6 heteroatoms. The van der Waals surface area contributed by atoms with Crippen LogP contribution in [0.5, 0.6) is 0 Å². The number of rotatable bonds is 7. The molecule has 0 bridgehead atoms. The van der Waals surface area contributed by atoms with Crippen molar-refractivity contribution >= 4 is 35.8 Å². The van der Waals surface area contributed by atoms with E-state index in [1.807, 2.05) is 37.3 Å². The summed E-state index contributed by atoms with van der Waals surface area (Å²) < 4.78 is 0. The molecule has 0 fully saturated rings. The molecule has 1 amide bonds. The second-order valence-electron chi connectivity index (χ2n) is 4.91. The van der Waals surface area contributed by atoms with Gasteiger partial charge in [0.25, 0.3) is 0 Å². The maximum Gasteiger partial charge on any atom is 0.242 e. The topological polar surface area (TPSA) is 65.5 Å². The monoisotopic (exact) mass is 418 g/mol. The molecule has 0 saturated heterocycles. The minimum Gasteiger partial charge on any atom is -0.357 e. The number of amides is 1. The molecule has 1 atom stereocenters. The first kappa shape index (κ1) is 20.7. The van der Waals surface area contributed by atoms with E-state index in [0.717, 1.165) is 18.5 Å². The maximum absolute atomic E-state index is 11.8. The van der Waals surface area contributed by atoms with Crippen molar-refractivity contribution < 1.29 is 4.79 Å². The summed E-state index contributed by atoms with van der Waals surface area (Å²) in [6.45, 7) is 7.62. The highest BCUT2D eigenvalue weighted by atomic mass is 127. The van der Waals surface area contributed by atoms with Crippen LogP contribution in [-0.4, -0.2) is 31.0 Å². The molecule has 0 aliphatic rings. The predicted molar refractivity (Wildman–Crippen MR) is 103 cm³/mol. The van der Waals surface area contributed by atoms with Crippen molar-refractivity contribution in [1.29, 1.82) is 0 Å². The largest absolute Gasteiger partial charge is 0.357 e. The van der Waals surface area contributed by atoms with Gasteiger partial charge in [-0.2, -0.15) is 0 Å². The average molecular weight is 418 g/mol. The molecule has 1 unspecified atom stereocenters. The second-order valence-corrected chi connectivity index (χ2v) is 4.91. The van der Waals surface area contributed by atoms with E-state index < -0.39 is 0 Å². The summed E-state index contributed by atoms with van der Waals surface area (Å²) in [6.07, 6.45) is 1.00. The van der Waals surface area contributed by atoms with Gasteiger partial charge in [0.15, 0.2) is 5.96 Å². The van der Waals surface area contributed by atoms with Gasteiger partial charge >= 0.3 is 0 Å². The molecule has 1 aromatic rings. The van der Waals surface area contributed by atoms with Gasteiger partial charge in [-0.15, -0.1) is 24.0 Å². The zero-order valence-corrected chi connectivity index (χ0v) is 15.9. The van der Waals surface area contributed by atoms with Gasteiger partial charge in [-0.1, -0.05) is 37.3 Å². The second kappa shape index (κ2) is 12.3. The molecule has 3 N–H and O–H groups in total. The Balaban J connectivity index is 0.00000441. The smallest absolute Gasteiger partial charge is 0.242 e. The van der Waals surface area contributed by atoms with Crippen LogP contribution >= 0.6 is 24.0 Å². The Labute approximate surface area is 150 Å². The van der Waals surface area contributed by atoms with Crippen LogP contribution in [0.2, 0.25) is 0 Å². The number of hydrogen-bond acceptors (Lipinski definition) is 2. The van der Waals surface area contributed by atoms with Gasteiger partial charge in [0.1, 0.15) is 6.54 Å². The van der Waals surface area contributed by atoms with Crippen molar-refractivity contribution in [3.8, 4) is 0 Å². The lowest BCUT2D eigenvalue weighted by Gasteiger charge is -2.16. The number of benzene rings is 1. The van der Waals surface area contributed by atoms with Crippen LogP contribution < -0.4 is 16.0 Å². The molecule has 0 aliphatic carbocycles. The average Bonchev–Trinajstić information content (AvgIpc) is 2.51. The van der Waals surface area contributed by atoms with Crippen LogP contribution in [0.1, 0.15) is 32.8 Å². The molecule has 1 rings (SSSR count). The lowest BCUT2D eigenvalue weighted by molar-refractivity contribution is -0.119. The van der Waals surface area contributed by atoms with Crippen molar-refractivity contribution in [3.63, 3.8) is 0 Å². The SMILES string of the molecule is CCNC(=NCC(=O)NCc1ccccc1)NC(C)CC.I. The van der Waals surface area contributed by atoms with Crippen LogP contribution in [0.4, 0.5) is 0 Å². The molecule has 0 radical (unpaired) electrons. The minimum atomic E-state index is -0.0831. The predicted octanol–water partition coefficient (Wildman–Crippen LogP) is 2.27. The van der Waals surface area contributed by atoms with Crippen LogP contribution in [0, 0.1) is 0 Å². The Kier molecular flexibility index (Phi) is 11.5. The lowest BCUT2D eigenvalue weighted by Crippen LogP contribution is -2.42. The first-order valence-electron chi connectivity index (χ1n) is 7.51. The number of hydrogen-bond donors (Lipinski definition) is 3. The first-order chi connectivity index (χ1) is 10.2. The van der Waals surface area contributed by atoms with Crippen LogP contribution in [-0.2, 0) is 11.3 Å². The van der Waals surface area contributed by atoms with Gasteiger partial charge in [-0.05, 0) is 25.8 Å². The molecule has 22 heavy (non-hydrogen) atoms. The summed E-state index contributed by atoms with van der Waals surface area (Å²) in [6, 6.07) is 10.2. The fraction of sp³-hybridized carbons (Fsp3) is 0.500. The number of halogens is 1. The zero-order chi connectivity index (χ0) is 15.5. The molecule has 1 aromatic carbocycles. The first-order valence-corrected chi connectivity index (χ1v) is 7.51. The van der Waals surface area contributed by atoms with E-state index in [-0.39, 0.29) is 36.4 Å². The molecule has 0 aliphatic heterocycles. The number of nitrogens with zero attached hydrogens (tertiary/aromatic N) is 1. The number of carbonyl (C=O) groups excluding carboxylic acids is 1. The highest BCUT2D eigenvalue weighted by Gasteiger charge is 2.04. The fourth-order valence-corrected chi connectivity index (χ4v) is 1.66. The number of guanidine groups is 1. The molecule has 0 heterocycles. The Bertz CT molecular complexity index is 451. The minimum absolute atomic E-state index is 0. The highest BCUT2D eigenvalue weighted by Crippen LogP contribution is 1.96. The molecule has 0 spiro atoms. The summed E-state index contributed by atoms with van der Waals surface area (Å²) in [5.41, 5.74) is 1.08. The summed E-state index contributed by atoms with van der Waals surface area (Å²) in [5.74, 6) is 0.599. The normalized spacial score (nSPS) is 12.0. The van der Waals surface area contributed by atoms with Crippen molar-refractivity contribution in [3.05, 3.63) is 35.9 Å². The number of carbonyl (C=O) groups is 1. The molecule has 5 nitrogen and oxygen atoms in total. The van der Waals surface area contributed by atoms with Crippen molar-refractivity contribution in [2.75, 3.05) is 13.1 Å². The van der Waals surface area contributed by atoms with E-state index in [1.165, 1.54) is 0 Å². The third kappa shape index (κ3) is 8.86. The summed E-state index contributed by atoms with van der Waals surface area (Å²) in [4.78, 5) is 16.1. The Morgan fingerprint density at radius 2 is 1.86 bits per heavy atom. The van der Waals surface area contributed by atoms with E-state index in [1.54, 1.807) is 0 Å². The Morgan fingerprint density at radius 1 is 1.18 bits per heavy atom. The van der Waals surface area contributed by atoms with Gasteiger partial charge in [0.05, 0.1) is 0 Å². The van der Waals surface area contributed by atoms with E-state index in [2.05, 4.69) is 34.8 Å². The standard InChI is InChI=1S/C16H26N4O.HI/c1-4-13(3)20-16(17-5-2)19-12-15(21)18-11-14-9-7-6-8-10-14;/h6-10,13H,4-5,11-12H2,1-3H3,(H,18,21)(H2,17,19,20);1H. The van der Waals surface area contributed by atoms with Crippen LogP contribution in [0.25, 0.3) is 0 Å². The number of nitrogens with one attached hydrogen (secondary N) is 3. The van der Waals surface area contributed by atoms with Gasteiger partial charge in [-0.3, -0.25) is 4.79 Å². The van der Waals surface area contributed by atoms with Gasteiger partial charge < -0.3 is 16.0 Å². The third-order valence-electron chi connectivity index (χ3n) is 3.05. The van der Waals surface area contributed by atoms with Crippen molar-refractivity contribution in [2.45, 2.75) is 39.8 Å². The summed E-state index contributed by atoms with van der Waals surface area (Å²) in [7, 11) is 0. The molecular formula is C16H27IN4O. The van der Waals surface area contributed by atoms with Gasteiger partial charge in [0.2, 0.25) is 5.91 Å². The Morgan fingerprint density at radius 3 is 2.45 bits per heavy atom. The molecule has 0 aromatic heterocycles. The van der Waals surface area contributed by atoms with E-state index in [9.17, 15) is 4.79 Å². The number of aliphatic imine (C=N–C) groups is 1. The Hall–Kier alpha value is -1.31. The van der Waals surface area contributed by atoms with Crippen molar-refractivity contribution in [1.82, 2.24) is 16.0 Å². The van der Waals surface area contributed by atoms with E-state index in [4.69, 9.17) is 0 Å². The zero-order valence-electron chi connectivity index (χ0n) is 13.6. The fourth-order valence-electron chi connectivity index (χ4n) is 1.66. The van der Waals surface area contributed by atoms with Gasteiger partial charge in [-0.25, -0.2) is 4.99 Å². The lowest BCUT2D eigenvalue weighted by atomic mass is 10.2. The van der Waals surface area contributed by atoms with Gasteiger partial charge in [0, 0.05) is 19.1 Å². The van der Waals surface area contributed by atoms with E-state index in [0.29, 0.717) is 18.5 Å². The molecule has 0 saturated carbocycles. The maximum atomic E-state index is 11.8. The quantitative estimate of drug-likeness (QED) is 0.362. The molecule has 124 valence electrons. The molecular weight excluding hydrogens is 391 g/mol. The van der Waals surface area contributed by atoms with Crippen LogP contribution in [0.3, 0.4) is 0 Å². The highest BCUT2D eigenvalue weighted by molar-refractivity contribution is 14.0. The third-order valence-corrected chi connectivity index (χ3v) is 3.05.